The van der Waals surface area contributed by atoms with Crippen LogP contribution in [0.4, 0.5) is 14.5 Å². The normalized spacial score (nSPS) is 13.8. The zero-order valence-corrected chi connectivity index (χ0v) is 13.6. The van der Waals surface area contributed by atoms with Crippen LogP contribution in [0.3, 0.4) is 0 Å². The van der Waals surface area contributed by atoms with Gasteiger partial charge in [-0.1, -0.05) is 12.1 Å². The molecule has 0 aromatic heterocycles. The summed E-state index contributed by atoms with van der Waals surface area (Å²) in [5, 5.41) is 2.62. The number of anilines is 1. The van der Waals surface area contributed by atoms with Crippen LogP contribution in [0.15, 0.2) is 42.5 Å². The third-order valence-electron chi connectivity index (χ3n) is 4.21. The maximum Gasteiger partial charge on any atom is 0.255 e. The fourth-order valence-corrected chi connectivity index (χ4v) is 2.80. The summed E-state index contributed by atoms with van der Waals surface area (Å²) in [5.74, 6) is -2.48. The smallest absolute Gasteiger partial charge is 0.255 e. The molecule has 0 spiro atoms. The van der Waals surface area contributed by atoms with Crippen LogP contribution in [-0.2, 0) is 11.2 Å². The third kappa shape index (κ3) is 4.21. The van der Waals surface area contributed by atoms with Crippen molar-refractivity contribution in [1.29, 1.82) is 0 Å². The summed E-state index contributed by atoms with van der Waals surface area (Å²) in [5.41, 5.74) is 1.42. The first-order valence-corrected chi connectivity index (χ1v) is 8.16. The van der Waals surface area contributed by atoms with Crippen molar-refractivity contribution in [3.63, 3.8) is 0 Å². The first kappa shape index (κ1) is 17.1. The lowest BCUT2D eigenvalue weighted by molar-refractivity contribution is -0.129. The van der Waals surface area contributed by atoms with E-state index in [0.717, 1.165) is 43.6 Å². The summed E-state index contributed by atoms with van der Waals surface area (Å²) >= 11 is 0. The Hall–Kier alpha value is -2.76. The molecule has 25 heavy (non-hydrogen) atoms. The summed E-state index contributed by atoms with van der Waals surface area (Å²) < 4.78 is 26.1. The molecule has 1 heterocycles. The molecule has 0 unspecified atom stereocenters. The zero-order valence-electron chi connectivity index (χ0n) is 13.6. The Bertz CT molecular complexity index is 785. The highest BCUT2D eigenvalue weighted by Crippen LogP contribution is 2.15. The quantitative estimate of drug-likeness (QED) is 0.924. The van der Waals surface area contributed by atoms with E-state index in [-0.39, 0.29) is 11.5 Å². The second-order valence-corrected chi connectivity index (χ2v) is 6.04. The Morgan fingerprint density at radius 2 is 1.64 bits per heavy atom. The minimum atomic E-state index is -1.07. The summed E-state index contributed by atoms with van der Waals surface area (Å²) in [6.07, 6.45) is 2.44. The molecule has 0 aliphatic carbocycles. The second-order valence-electron chi connectivity index (χ2n) is 6.04. The first-order chi connectivity index (χ1) is 12.0. The number of nitrogens with zero attached hydrogens (tertiary/aromatic N) is 1. The van der Waals surface area contributed by atoms with E-state index in [0.29, 0.717) is 12.1 Å². The molecule has 130 valence electrons. The van der Waals surface area contributed by atoms with Gasteiger partial charge in [0.25, 0.3) is 5.91 Å². The third-order valence-corrected chi connectivity index (χ3v) is 4.21. The maximum absolute atomic E-state index is 13.2. The van der Waals surface area contributed by atoms with Gasteiger partial charge in [-0.05, 0) is 48.7 Å². The van der Waals surface area contributed by atoms with Crippen molar-refractivity contribution in [2.75, 3.05) is 18.4 Å². The number of halogens is 2. The summed E-state index contributed by atoms with van der Waals surface area (Å²) in [4.78, 5) is 26.0. The van der Waals surface area contributed by atoms with Crippen LogP contribution in [-0.4, -0.2) is 29.8 Å². The van der Waals surface area contributed by atoms with E-state index < -0.39 is 17.5 Å². The van der Waals surface area contributed by atoms with Gasteiger partial charge in [0, 0.05) is 24.3 Å². The molecular weight excluding hydrogens is 326 g/mol. The van der Waals surface area contributed by atoms with E-state index in [2.05, 4.69) is 5.32 Å². The first-order valence-electron chi connectivity index (χ1n) is 8.16. The number of amides is 2. The van der Waals surface area contributed by atoms with Gasteiger partial charge in [0.05, 0.1) is 6.42 Å². The fraction of sp³-hybridized carbons (Fsp3) is 0.263. The molecule has 2 amide bonds. The Morgan fingerprint density at radius 1 is 0.960 bits per heavy atom. The predicted molar refractivity (Wildman–Crippen MR) is 90.3 cm³/mol. The minimum absolute atomic E-state index is 0.0344. The molecule has 0 bridgehead atoms. The number of hydrogen-bond acceptors (Lipinski definition) is 2. The van der Waals surface area contributed by atoms with Crippen LogP contribution in [0.5, 0.6) is 0 Å². The van der Waals surface area contributed by atoms with Crippen LogP contribution < -0.4 is 5.32 Å². The molecule has 1 aliphatic heterocycles. The average molecular weight is 344 g/mol. The highest BCUT2D eigenvalue weighted by molar-refractivity contribution is 6.04. The van der Waals surface area contributed by atoms with Gasteiger partial charge in [0.2, 0.25) is 5.91 Å². The van der Waals surface area contributed by atoms with Crippen molar-refractivity contribution in [3.8, 4) is 0 Å². The van der Waals surface area contributed by atoms with Crippen molar-refractivity contribution in [1.82, 2.24) is 4.90 Å². The molecule has 0 radical (unpaired) electrons. The molecule has 1 N–H and O–H groups in total. The fourth-order valence-electron chi connectivity index (χ4n) is 2.80. The molecular formula is C19H18F2N2O2. The van der Waals surface area contributed by atoms with Gasteiger partial charge in [-0.25, -0.2) is 8.78 Å². The van der Waals surface area contributed by atoms with Gasteiger partial charge in [-0.15, -0.1) is 0 Å². The predicted octanol–water partition coefficient (Wildman–Crippen LogP) is 3.38. The lowest BCUT2D eigenvalue weighted by atomic mass is 10.1. The summed E-state index contributed by atoms with van der Waals surface area (Å²) in [6, 6.07) is 9.90. The van der Waals surface area contributed by atoms with Gasteiger partial charge in [0.1, 0.15) is 0 Å². The Morgan fingerprint density at radius 3 is 2.28 bits per heavy atom. The van der Waals surface area contributed by atoms with E-state index in [1.165, 1.54) is 6.07 Å². The zero-order chi connectivity index (χ0) is 17.8. The van der Waals surface area contributed by atoms with E-state index in [1.54, 1.807) is 24.3 Å². The highest BCUT2D eigenvalue weighted by atomic mass is 19.2. The number of hydrogen-bond donors (Lipinski definition) is 1. The van der Waals surface area contributed by atoms with Crippen molar-refractivity contribution in [2.45, 2.75) is 19.3 Å². The standard InChI is InChI=1S/C19H18F2N2O2/c20-16-8-5-14(12-17(16)21)19(25)22-15-6-3-13(4-7-15)11-18(24)23-9-1-2-10-23/h3-8,12H,1-2,9-11H2,(H,22,25). The molecule has 2 aromatic carbocycles. The second kappa shape index (κ2) is 7.42. The molecule has 4 nitrogen and oxygen atoms in total. The van der Waals surface area contributed by atoms with Crippen molar-refractivity contribution in [2.24, 2.45) is 0 Å². The Kier molecular flexibility index (Phi) is 5.07. The minimum Gasteiger partial charge on any atom is -0.342 e. The topological polar surface area (TPSA) is 49.4 Å². The van der Waals surface area contributed by atoms with Crippen molar-refractivity contribution in [3.05, 3.63) is 65.2 Å². The lowest BCUT2D eigenvalue weighted by Crippen LogP contribution is -2.29. The number of rotatable bonds is 4. The highest BCUT2D eigenvalue weighted by Gasteiger charge is 2.18. The Balaban J connectivity index is 1.61. The number of benzene rings is 2. The number of carbonyl (C=O) groups excluding carboxylic acids is 2. The molecule has 1 aliphatic rings. The van der Waals surface area contributed by atoms with Crippen LogP contribution in [0, 0.1) is 11.6 Å². The van der Waals surface area contributed by atoms with Crippen LogP contribution in [0.2, 0.25) is 0 Å². The number of likely N-dealkylation sites (tertiary alicyclic amines) is 1. The van der Waals surface area contributed by atoms with Gasteiger partial charge >= 0.3 is 0 Å². The molecule has 1 saturated heterocycles. The van der Waals surface area contributed by atoms with E-state index in [9.17, 15) is 18.4 Å². The van der Waals surface area contributed by atoms with Crippen LogP contribution in [0.25, 0.3) is 0 Å². The van der Waals surface area contributed by atoms with Crippen LogP contribution in [0.1, 0.15) is 28.8 Å². The maximum atomic E-state index is 13.2. The van der Waals surface area contributed by atoms with Crippen LogP contribution >= 0.6 is 0 Å². The van der Waals surface area contributed by atoms with E-state index in [1.807, 2.05) is 4.90 Å². The Labute approximate surface area is 144 Å². The lowest BCUT2D eigenvalue weighted by Gasteiger charge is -2.15. The average Bonchev–Trinajstić information content (AvgIpc) is 3.14. The van der Waals surface area contributed by atoms with Gasteiger partial charge in [-0.2, -0.15) is 0 Å². The molecule has 1 fully saturated rings. The molecule has 3 rings (SSSR count). The number of nitrogens with one attached hydrogen (secondary N) is 1. The number of carbonyl (C=O) groups is 2. The van der Waals surface area contributed by atoms with Gasteiger partial charge in [0.15, 0.2) is 11.6 Å². The largest absolute Gasteiger partial charge is 0.342 e. The monoisotopic (exact) mass is 344 g/mol. The summed E-state index contributed by atoms with van der Waals surface area (Å²) in [7, 11) is 0. The van der Waals surface area contributed by atoms with Crippen molar-refractivity contribution >= 4 is 17.5 Å². The van der Waals surface area contributed by atoms with E-state index in [4.69, 9.17) is 0 Å². The van der Waals surface area contributed by atoms with E-state index >= 15 is 0 Å². The molecule has 0 saturated carbocycles. The summed E-state index contributed by atoms with van der Waals surface area (Å²) in [6.45, 7) is 1.64. The van der Waals surface area contributed by atoms with Crippen molar-refractivity contribution < 1.29 is 18.4 Å². The van der Waals surface area contributed by atoms with Gasteiger partial charge in [-0.3, -0.25) is 9.59 Å². The molecule has 0 atom stereocenters. The molecule has 6 heteroatoms. The van der Waals surface area contributed by atoms with Gasteiger partial charge < -0.3 is 10.2 Å². The molecule has 2 aromatic rings. The SMILES string of the molecule is O=C(Nc1ccc(CC(=O)N2CCCC2)cc1)c1ccc(F)c(F)c1.